The predicted octanol–water partition coefficient (Wildman–Crippen LogP) is 1.69. The second kappa shape index (κ2) is 5.45. The van der Waals surface area contributed by atoms with Gasteiger partial charge in [-0.25, -0.2) is 0 Å². The molecule has 0 aromatic heterocycles. The van der Waals surface area contributed by atoms with Crippen LogP contribution in [0.4, 0.5) is 0 Å². The molecule has 8 heavy (non-hydrogen) atoms. The maximum Gasteiger partial charge on any atom is 0.0500 e. The van der Waals surface area contributed by atoms with Gasteiger partial charge >= 0.3 is 0 Å². The first-order valence-corrected chi connectivity index (χ1v) is 4.36. The Hall–Kier alpha value is 0.310. The average Bonchev–Trinajstić information content (AvgIpc) is 1.83. The van der Waals surface area contributed by atoms with E-state index in [1.54, 1.807) is 0 Å². The van der Waals surface area contributed by atoms with Crippen molar-refractivity contribution in [2.75, 3.05) is 12.8 Å². The molecule has 1 unspecified atom stereocenters. The van der Waals surface area contributed by atoms with Gasteiger partial charge in [-0.3, -0.25) is 0 Å². The van der Waals surface area contributed by atoms with E-state index in [4.69, 9.17) is 0 Å². The molecule has 0 amide bonds. The quantitative estimate of drug-likeness (QED) is 0.586. The van der Waals surface area contributed by atoms with Gasteiger partial charge in [-0.15, -0.1) is 11.8 Å². The van der Waals surface area contributed by atoms with Gasteiger partial charge in [0.2, 0.25) is 0 Å². The van der Waals surface area contributed by atoms with Crippen molar-refractivity contribution < 1.29 is 0 Å². The lowest BCUT2D eigenvalue weighted by atomic mass is 10.5. The highest BCUT2D eigenvalue weighted by Gasteiger charge is 1.92. The minimum Gasteiger partial charge on any atom is -0.306 e. The third kappa shape index (κ3) is 4.47. The highest BCUT2D eigenvalue weighted by atomic mass is 32.2. The molecule has 0 aliphatic rings. The molecule has 1 N–H and O–H groups in total. The standard InChI is InChI=1S/C6H15NS/c1-4-5-7-6(2)8-3/h6-7H,4-5H2,1-3H3. The summed E-state index contributed by atoms with van der Waals surface area (Å²) in [6, 6.07) is 0. The lowest BCUT2D eigenvalue weighted by Gasteiger charge is -2.07. The van der Waals surface area contributed by atoms with Crippen molar-refractivity contribution in [1.82, 2.24) is 5.32 Å². The highest BCUT2D eigenvalue weighted by Crippen LogP contribution is 1.99. The molecule has 0 bridgehead atoms. The second-order valence-corrected chi connectivity index (χ2v) is 3.01. The van der Waals surface area contributed by atoms with Crippen LogP contribution in [0.2, 0.25) is 0 Å². The van der Waals surface area contributed by atoms with E-state index in [0.29, 0.717) is 5.37 Å². The van der Waals surface area contributed by atoms with Gasteiger partial charge in [-0.05, 0) is 26.1 Å². The van der Waals surface area contributed by atoms with E-state index in [1.165, 1.54) is 6.42 Å². The monoisotopic (exact) mass is 133 g/mol. The van der Waals surface area contributed by atoms with E-state index in [1.807, 2.05) is 11.8 Å². The molecule has 0 aromatic carbocycles. The Bertz CT molecular complexity index is 47.8. The Balaban J connectivity index is 2.86. The Morgan fingerprint density at radius 2 is 2.25 bits per heavy atom. The third-order valence-corrected chi connectivity index (χ3v) is 1.91. The van der Waals surface area contributed by atoms with Crippen LogP contribution >= 0.6 is 11.8 Å². The molecule has 0 spiro atoms. The van der Waals surface area contributed by atoms with E-state index >= 15 is 0 Å². The molecular formula is C6H15NS. The van der Waals surface area contributed by atoms with Crippen LogP contribution in [0.5, 0.6) is 0 Å². The number of thioether (sulfide) groups is 1. The summed E-state index contributed by atoms with van der Waals surface area (Å²) in [6.45, 7) is 5.50. The Morgan fingerprint density at radius 3 is 2.62 bits per heavy atom. The van der Waals surface area contributed by atoms with E-state index in [-0.39, 0.29) is 0 Å². The first-order valence-electron chi connectivity index (χ1n) is 3.07. The second-order valence-electron chi connectivity index (χ2n) is 1.83. The summed E-state index contributed by atoms with van der Waals surface area (Å²) in [4.78, 5) is 0. The van der Waals surface area contributed by atoms with E-state index in [9.17, 15) is 0 Å². The predicted molar refractivity (Wildman–Crippen MR) is 41.3 cm³/mol. The lowest BCUT2D eigenvalue weighted by molar-refractivity contribution is 0.672. The van der Waals surface area contributed by atoms with Gasteiger partial charge in [-0.1, -0.05) is 6.92 Å². The highest BCUT2D eigenvalue weighted by molar-refractivity contribution is 7.99. The van der Waals surface area contributed by atoms with Crippen molar-refractivity contribution in [2.45, 2.75) is 25.6 Å². The third-order valence-electron chi connectivity index (χ3n) is 1.04. The zero-order valence-electron chi connectivity index (χ0n) is 5.90. The molecule has 50 valence electrons. The molecule has 0 aliphatic carbocycles. The minimum absolute atomic E-state index is 0.620. The number of nitrogens with one attached hydrogen (secondary N) is 1. The summed E-state index contributed by atoms with van der Waals surface area (Å²) < 4.78 is 0. The fourth-order valence-electron chi connectivity index (χ4n) is 0.431. The zero-order chi connectivity index (χ0) is 6.41. The lowest BCUT2D eigenvalue weighted by Crippen LogP contribution is -2.22. The zero-order valence-corrected chi connectivity index (χ0v) is 6.72. The van der Waals surface area contributed by atoms with E-state index in [0.717, 1.165) is 6.54 Å². The van der Waals surface area contributed by atoms with Crippen LogP contribution in [0.15, 0.2) is 0 Å². The molecule has 0 rings (SSSR count). The van der Waals surface area contributed by atoms with Crippen LogP contribution in [-0.4, -0.2) is 18.2 Å². The summed E-state index contributed by atoms with van der Waals surface area (Å²) in [7, 11) is 0. The van der Waals surface area contributed by atoms with E-state index in [2.05, 4.69) is 25.4 Å². The first-order chi connectivity index (χ1) is 3.81. The SMILES string of the molecule is CCCNC(C)SC. The van der Waals surface area contributed by atoms with Crippen molar-refractivity contribution in [3.63, 3.8) is 0 Å². The molecule has 0 aliphatic heterocycles. The minimum atomic E-state index is 0.620. The largest absolute Gasteiger partial charge is 0.306 e. The summed E-state index contributed by atoms with van der Waals surface area (Å²) in [5.74, 6) is 0. The van der Waals surface area contributed by atoms with Crippen LogP contribution in [0, 0.1) is 0 Å². The molecule has 0 fully saturated rings. The molecule has 1 atom stereocenters. The van der Waals surface area contributed by atoms with Crippen LogP contribution in [-0.2, 0) is 0 Å². The Kier molecular flexibility index (Phi) is 5.66. The van der Waals surface area contributed by atoms with Crippen LogP contribution in [0.3, 0.4) is 0 Å². The maximum absolute atomic E-state index is 3.34. The van der Waals surface area contributed by atoms with E-state index < -0.39 is 0 Å². The maximum atomic E-state index is 3.34. The topological polar surface area (TPSA) is 12.0 Å². The molecule has 2 heteroatoms. The molecule has 1 nitrogen and oxygen atoms in total. The smallest absolute Gasteiger partial charge is 0.0500 e. The van der Waals surface area contributed by atoms with Gasteiger partial charge in [0.05, 0.1) is 5.37 Å². The Labute approximate surface area is 56.2 Å². The van der Waals surface area contributed by atoms with Crippen LogP contribution in [0.1, 0.15) is 20.3 Å². The van der Waals surface area contributed by atoms with Crippen molar-refractivity contribution in [3.05, 3.63) is 0 Å². The van der Waals surface area contributed by atoms with Gasteiger partial charge in [0.1, 0.15) is 0 Å². The molecule has 0 heterocycles. The van der Waals surface area contributed by atoms with Gasteiger partial charge in [-0.2, -0.15) is 0 Å². The van der Waals surface area contributed by atoms with Crippen molar-refractivity contribution in [3.8, 4) is 0 Å². The summed E-state index contributed by atoms with van der Waals surface area (Å²) >= 11 is 1.85. The molecule has 0 saturated carbocycles. The molecule has 0 saturated heterocycles. The summed E-state index contributed by atoms with van der Waals surface area (Å²) in [5, 5.41) is 3.97. The Morgan fingerprint density at radius 1 is 1.62 bits per heavy atom. The van der Waals surface area contributed by atoms with Gasteiger partial charge in [0, 0.05) is 0 Å². The summed E-state index contributed by atoms with van der Waals surface area (Å²) in [5.41, 5.74) is 0. The summed E-state index contributed by atoms with van der Waals surface area (Å²) in [6.07, 6.45) is 3.35. The normalized spacial score (nSPS) is 13.9. The molecule has 0 radical (unpaired) electrons. The van der Waals surface area contributed by atoms with Crippen LogP contribution in [0.25, 0.3) is 0 Å². The van der Waals surface area contributed by atoms with Gasteiger partial charge in [0.15, 0.2) is 0 Å². The first kappa shape index (κ1) is 8.31. The van der Waals surface area contributed by atoms with Crippen LogP contribution < -0.4 is 5.32 Å². The molecular weight excluding hydrogens is 118 g/mol. The number of hydrogen-bond acceptors (Lipinski definition) is 2. The average molecular weight is 133 g/mol. The fourth-order valence-corrected chi connectivity index (χ4v) is 0.715. The number of hydrogen-bond donors (Lipinski definition) is 1. The van der Waals surface area contributed by atoms with Gasteiger partial charge < -0.3 is 5.32 Å². The van der Waals surface area contributed by atoms with Crippen molar-refractivity contribution >= 4 is 11.8 Å². The number of rotatable bonds is 4. The fraction of sp³-hybridized carbons (Fsp3) is 1.00. The van der Waals surface area contributed by atoms with Crippen molar-refractivity contribution in [2.24, 2.45) is 0 Å². The van der Waals surface area contributed by atoms with Gasteiger partial charge in [0.25, 0.3) is 0 Å². The van der Waals surface area contributed by atoms with Crippen molar-refractivity contribution in [1.29, 1.82) is 0 Å². The molecule has 0 aromatic rings.